The van der Waals surface area contributed by atoms with Gasteiger partial charge in [-0.2, -0.15) is 13.2 Å². The number of pyridine rings is 1. The van der Waals surface area contributed by atoms with E-state index >= 15 is 0 Å². The van der Waals surface area contributed by atoms with Crippen LogP contribution in [-0.2, 0) is 10.9 Å². The normalized spacial score (nSPS) is 29.0. The summed E-state index contributed by atoms with van der Waals surface area (Å²) in [4.78, 5) is 5.70. The van der Waals surface area contributed by atoms with Gasteiger partial charge in [0.15, 0.2) is 0 Å². The fourth-order valence-corrected chi connectivity index (χ4v) is 3.32. The van der Waals surface area contributed by atoms with E-state index in [4.69, 9.17) is 16.3 Å². The molecule has 4 nitrogen and oxygen atoms in total. The number of aliphatic hydroxyl groups is 1. The summed E-state index contributed by atoms with van der Waals surface area (Å²) < 4.78 is 43.3. The van der Waals surface area contributed by atoms with Crippen LogP contribution in [-0.4, -0.2) is 43.0 Å². The predicted molar refractivity (Wildman–Crippen MR) is 70.3 cm³/mol. The Morgan fingerprint density at radius 1 is 1.52 bits per heavy atom. The minimum absolute atomic E-state index is 0.0214. The first-order chi connectivity index (χ1) is 9.86. The second kappa shape index (κ2) is 5.00. The number of aromatic nitrogens is 1. The summed E-state index contributed by atoms with van der Waals surface area (Å²) in [5.74, 6) is 0.467. The number of fused-ring (bicyclic) bond motifs is 1. The molecule has 2 saturated heterocycles. The maximum Gasteiger partial charge on any atom is 0.417 e. The highest BCUT2D eigenvalue weighted by Crippen LogP contribution is 2.43. The van der Waals surface area contributed by atoms with Gasteiger partial charge in [0, 0.05) is 30.6 Å². The fourth-order valence-electron chi connectivity index (χ4n) is 3.04. The van der Waals surface area contributed by atoms with Crippen LogP contribution in [0, 0.1) is 11.3 Å². The second-order valence-electron chi connectivity index (χ2n) is 5.64. The molecule has 0 aromatic carbocycles. The van der Waals surface area contributed by atoms with Crippen LogP contribution in [0.15, 0.2) is 12.3 Å². The van der Waals surface area contributed by atoms with Crippen LogP contribution in [0.5, 0.6) is 0 Å². The molecule has 0 saturated carbocycles. The van der Waals surface area contributed by atoms with Gasteiger partial charge in [-0.05, 0) is 6.07 Å². The Balaban J connectivity index is 1.86. The van der Waals surface area contributed by atoms with Crippen molar-refractivity contribution in [1.29, 1.82) is 0 Å². The summed E-state index contributed by atoms with van der Waals surface area (Å²) in [6, 6.07) is 0.889. The molecule has 21 heavy (non-hydrogen) atoms. The van der Waals surface area contributed by atoms with Crippen LogP contribution >= 0.6 is 11.6 Å². The van der Waals surface area contributed by atoms with Gasteiger partial charge in [0.05, 0.1) is 30.4 Å². The summed E-state index contributed by atoms with van der Waals surface area (Å²) in [7, 11) is 0. The zero-order valence-corrected chi connectivity index (χ0v) is 11.8. The zero-order valence-electron chi connectivity index (χ0n) is 11.0. The van der Waals surface area contributed by atoms with E-state index in [1.165, 1.54) is 0 Å². The van der Waals surface area contributed by atoms with Gasteiger partial charge in [-0.15, -0.1) is 0 Å². The number of halogens is 4. The molecule has 0 amide bonds. The lowest BCUT2D eigenvalue weighted by Gasteiger charge is -2.25. The number of nitrogens with zero attached hydrogens (tertiary/aromatic N) is 2. The van der Waals surface area contributed by atoms with Crippen LogP contribution < -0.4 is 4.90 Å². The van der Waals surface area contributed by atoms with Crippen LogP contribution in [0.3, 0.4) is 0 Å². The smallest absolute Gasteiger partial charge is 0.396 e. The Bertz CT molecular complexity index is 555. The van der Waals surface area contributed by atoms with Crippen molar-refractivity contribution in [1.82, 2.24) is 4.98 Å². The highest BCUT2D eigenvalue weighted by Gasteiger charge is 2.51. The Labute approximate surface area is 124 Å². The summed E-state index contributed by atoms with van der Waals surface area (Å²) in [6.07, 6.45) is -3.67. The SMILES string of the molecule is OC[C@@]12COC[C@@H]1CN(c1ncc(C(F)(F)F)cc1Cl)C2. The molecule has 0 aliphatic carbocycles. The van der Waals surface area contributed by atoms with Crippen molar-refractivity contribution >= 4 is 17.4 Å². The highest BCUT2D eigenvalue weighted by atomic mass is 35.5. The molecule has 0 bridgehead atoms. The molecule has 3 rings (SSSR count). The summed E-state index contributed by atoms with van der Waals surface area (Å²) in [5, 5.41) is 9.57. The second-order valence-corrected chi connectivity index (χ2v) is 6.05. The van der Waals surface area contributed by atoms with Crippen LogP contribution in [0.4, 0.5) is 19.0 Å². The first-order valence-corrected chi connectivity index (χ1v) is 6.90. The molecule has 1 aromatic heterocycles. The van der Waals surface area contributed by atoms with Crippen molar-refractivity contribution in [2.75, 3.05) is 37.8 Å². The number of hydrogen-bond acceptors (Lipinski definition) is 4. The number of rotatable bonds is 2. The monoisotopic (exact) mass is 322 g/mol. The third-order valence-corrected chi connectivity index (χ3v) is 4.56. The quantitative estimate of drug-likeness (QED) is 0.906. The Morgan fingerprint density at radius 3 is 2.86 bits per heavy atom. The molecule has 3 heterocycles. The molecule has 0 unspecified atom stereocenters. The molecular weight excluding hydrogens is 309 g/mol. The van der Waals surface area contributed by atoms with Gasteiger partial charge < -0.3 is 14.7 Å². The molecule has 116 valence electrons. The minimum atomic E-state index is -4.46. The number of aliphatic hydroxyl groups excluding tert-OH is 1. The van der Waals surface area contributed by atoms with E-state index in [9.17, 15) is 18.3 Å². The Morgan fingerprint density at radius 2 is 2.29 bits per heavy atom. The molecule has 1 aromatic rings. The van der Waals surface area contributed by atoms with Crippen molar-refractivity contribution in [3.63, 3.8) is 0 Å². The van der Waals surface area contributed by atoms with E-state index in [0.717, 1.165) is 12.3 Å². The molecule has 0 spiro atoms. The van der Waals surface area contributed by atoms with E-state index < -0.39 is 11.7 Å². The zero-order chi connectivity index (χ0) is 15.3. The Hall–Kier alpha value is -1.05. The lowest BCUT2D eigenvalue weighted by atomic mass is 9.82. The van der Waals surface area contributed by atoms with Crippen LogP contribution in [0.2, 0.25) is 5.02 Å². The van der Waals surface area contributed by atoms with Gasteiger partial charge in [0.25, 0.3) is 0 Å². The minimum Gasteiger partial charge on any atom is -0.396 e. The van der Waals surface area contributed by atoms with Crippen molar-refractivity contribution < 1.29 is 23.0 Å². The first-order valence-electron chi connectivity index (χ1n) is 6.52. The van der Waals surface area contributed by atoms with Crippen molar-refractivity contribution in [3.05, 3.63) is 22.8 Å². The van der Waals surface area contributed by atoms with Crippen LogP contribution in [0.25, 0.3) is 0 Å². The topological polar surface area (TPSA) is 45.6 Å². The maximum absolute atomic E-state index is 12.6. The molecule has 8 heteroatoms. The lowest BCUT2D eigenvalue weighted by molar-refractivity contribution is -0.137. The first kappa shape index (κ1) is 14.9. The standard InChI is InChI=1S/C13H14ClF3N2O2/c14-10-1-8(13(15,16)17)2-18-11(10)19-3-9-4-21-7-12(9,5-19)6-20/h1-2,9,20H,3-7H2/t9-,12-/m0/s1. The van der Waals surface area contributed by atoms with Crippen molar-refractivity contribution in [2.24, 2.45) is 11.3 Å². The lowest BCUT2D eigenvalue weighted by Crippen LogP contribution is -2.34. The van der Waals surface area contributed by atoms with Gasteiger partial charge in [-0.3, -0.25) is 0 Å². The third kappa shape index (κ3) is 2.47. The van der Waals surface area contributed by atoms with Crippen molar-refractivity contribution in [2.45, 2.75) is 6.18 Å². The van der Waals surface area contributed by atoms with E-state index in [2.05, 4.69) is 4.98 Å². The summed E-state index contributed by atoms with van der Waals surface area (Å²) in [5.41, 5.74) is -1.23. The number of hydrogen-bond donors (Lipinski definition) is 1. The van der Waals surface area contributed by atoms with Crippen LogP contribution in [0.1, 0.15) is 5.56 Å². The van der Waals surface area contributed by atoms with Gasteiger partial charge in [-0.25, -0.2) is 4.98 Å². The molecular formula is C13H14ClF3N2O2. The fraction of sp³-hybridized carbons (Fsp3) is 0.615. The van der Waals surface area contributed by atoms with Crippen molar-refractivity contribution in [3.8, 4) is 0 Å². The summed E-state index contributed by atoms with van der Waals surface area (Å²) >= 11 is 5.96. The molecule has 1 N–H and O–H groups in total. The molecule has 2 aliphatic rings. The average molecular weight is 323 g/mol. The van der Waals surface area contributed by atoms with E-state index in [1.54, 1.807) is 0 Å². The Kier molecular flexibility index (Phi) is 3.54. The number of ether oxygens (including phenoxy) is 1. The van der Waals surface area contributed by atoms with E-state index in [0.29, 0.717) is 32.1 Å². The number of anilines is 1. The van der Waals surface area contributed by atoms with E-state index in [-0.39, 0.29) is 23.0 Å². The largest absolute Gasteiger partial charge is 0.417 e. The third-order valence-electron chi connectivity index (χ3n) is 4.28. The van der Waals surface area contributed by atoms with Gasteiger partial charge in [-0.1, -0.05) is 11.6 Å². The maximum atomic E-state index is 12.6. The highest BCUT2D eigenvalue weighted by molar-refractivity contribution is 6.33. The molecule has 0 radical (unpaired) electrons. The average Bonchev–Trinajstić information content (AvgIpc) is 2.94. The van der Waals surface area contributed by atoms with Gasteiger partial charge in [0.1, 0.15) is 5.82 Å². The number of alkyl halides is 3. The van der Waals surface area contributed by atoms with Gasteiger partial charge in [0.2, 0.25) is 0 Å². The van der Waals surface area contributed by atoms with Gasteiger partial charge >= 0.3 is 6.18 Å². The molecule has 2 fully saturated rings. The predicted octanol–water partition coefficient (Wildman–Crippen LogP) is 2.20. The molecule has 2 atom stereocenters. The van der Waals surface area contributed by atoms with E-state index in [1.807, 2.05) is 4.90 Å². The molecule has 2 aliphatic heterocycles. The summed E-state index contributed by atoms with van der Waals surface area (Å²) in [6.45, 7) is 2.01.